The molecule has 0 aromatic rings. The molecule has 4 heteroatoms. The highest BCUT2D eigenvalue weighted by molar-refractivity contribution is 5.98. The molecule has 1 fully saturated rings. The number of likely N-dealkylation sites (tertiary alicyclic amines) is 1. The van der Waals surface area contributed by atoms with Gasteiger partial charge in [0.15, 0.2) is 5.78 Å². The van der Waals surface area contributed by atoms with Gasteiger partial charge in [0.05, 0.1) is 12.6 Å². The van der Waals surface area contributed by atoms with E-state index in [1.807, 2.05) is 11.9 Å². The van der Waals surface area contributed by atoms with Gasteiger partial charge in [-0.25, -0.2) is 0 Å². The number of esters is 1. The van der Waals surface area contributed by atoms with Crippen LogP contribution in [0, 0.1) is 0 Å². The van der Waals surface area contributed by atoms with E-state index in [0.717, 1.165) is 19.4 Å². The average molecular weight is 199 g/mol. The van der Waals surface area contributed by atoms with Crippen LogP contribution in [0.15, 0.2) is 0 Å². The summed E-state index contributed by atoms with van der Waals surface area (Å²) in [6.07, 6.45) is 1.83. The van der Waals surface area contributed by atoms with Crippen LogP contribution in [0.3, 0.4) is 0 Å². The second-order valence-corrected chi connectivity index (χ2v) is 3.59. The van der Waals surface area contributed by atoms with Gasteiger partial charge in [-0.1, -0.05) is 0 Å². The summed E-state index contributed by atoms with van der Waals surface area (Å²) in [4.78, 5) is 24.7. The number of hydrogen-bond acceptors (Lipinski definition) is 4. The zero-order valence-electron chi connectivity index (χ0n) is 8.78. The van der Waals surface area contributed by atoms with E-state index < -0.39 is 5.97 Å². The number of Topliss-reactive ketones (excluding diaryl/α,β-unsaturated/α-hetero) is 1. The number of likely N-dealkylation sites (N-methyl/N-ethyl adjacent to an activating group) is 1. The lowest BCUT2D eigenvalue weighted by Crippen LogP contribution is -2.34. The maximum Gasteiger partial charge on any atom is 0.313 e. The van der Waals surface area contributed by atoms with Crippen molar-refractivity contribution in [1.82, 2.24) is 4.90 Å². The molecule has 1 atom stereocenters. The lowest BCUT2D eigenvalue weighted by atomic mass is 10.1. The van der Waals surface area contributed by atoms with Crippen molar-refractivity contribution in [3.63, 3.8) is 0 Å². The summed E-state index contributed by atoms with van der Waals surface area (Å²) in [5, 5.41) is 0. The molecule has 1 heterocycles. The highest BCUT2D eigenvalue weighted by Crippen LogP contribution is 2.16. The summed E-state index contributed by atoms with van der Waals surface area (Å²) in [5.74, 6) is -0.416. The predicted octanol–water partition coefficient (Wildman–Crippen LogP) is 0.603. The number of ketones is 1. The minimum Gasteiger partial charge on any atom is -0.466 e. The average Bonchev–Trinajstić information content (AvgIpc) is 2.51. The van der Waals surface area contributed by atoms with Crippen molar-refractivity contribution >= 4 is 11.8 Å². The maximum absolute atomic E-state index is 11.6. The van der Waals surface area contributed by atoms with Crippen LogP contribution in [0.25, 0.3) is 0 Å². The lowest BCUT2D eigenvalue weighted by Gasteiger charge is -2.17. The van der Waals surface area contributed by atoms with E-state index in [1.165, 1.54) is 0 Å². The van der Waals surface area contributed by atoms with Gasteiger partial charge in [-0.05, 0) is 33.4 Å². The molecule has 0 spiro atoms. The van der Waals surface area contributed by atoms with Crippen molar-refractivity contribution in [2.75, 3.05) is 20.2 Å². The third kappa shape index (κ3) is 2.80. The molecular formula is C10H17NO3. The Bertz CT molecular complexity index is 227. The Morgan fingerprint density at radius 2 is 2.21 bits per heavy atom. The molecule has 0 amide bonds. The highest BCUT2D eigenvalue weighted by Gasteiger charge is 2.28. The normalized spacial score (nSPS) is 22.3. The van der Waals surface area contributed by atoms with E-state index in [-0.39, 0.29) is 18.2 Å². The van der Waals surface area contributed by atoms with Crippen LogP contribution in [0.5, 0.6) is 0 Å². The summed E-state index contributed by atoms with van der Waals surface area (Å²) >= 11 is 0. The first-order valence-corrected chi connectivity index (χ1v) is 5.03. The summed E-state index contributed by atoms with van der Waals surface area (Å²) in [5.41, 5.74) is 0. The van der Waals surface area contributed by atoms with Crippen molar-refractivity contribution in [3.05, 3.63) is 0 Å². The number of carbonyl (C=O) groups excluding carboxylic acids is 2. The molecule has 0 bridgehead atoms. The molecule has 4 nitrogen and oxygen atoms in total. The molecule has 0 aromatic carbocycles. The van der Waals surface area contributed by atoms with Crippen LogP contribution in [-0.2, 0) is 14.3 Å². The van der Waals surface area contributed by atoms with Crippen LogP contribution in [0.1, 0.15) is 26.2 Å². The summed E-state index contributed by atoms with van der Waals surface area (Å²) in [7, 11) is 1.92. The minimum atomic E-state index is -0.405. The number of rotatable bonds is 4. The van der Waals surface area contributed by atoms with Gasteiger partial charge in [0.1, 0.15) is 6.42 Å². The topological polar surface area (TPSA) is 46.6 Å². The molecule has 14 heavy (non-hydrogen) atoms. The molecule has 1 aliphatic heterocycles. The Kier molecular flexibility index (Phi) is 4.07. The summed E-state index contributed by atoms with van der Waals surface area (Å²) in [6, 6.07) is -0.0700. The number of ether oxygens (including phenoxy) is 1. The lowest BCUT2D eigenvalue weighted by molar-refractivity contribution is -0.146. The van der Waals surface area contributed by atoms with E-state index in [0.29, 0.717) is 6.61 Å². The van der Waals surface area contributed by atoms with Crippen molar-refractivity contribution in [2.24, 2.45) is 0 Å². The fraction of sp³-hybridized carbons (Fsp3) is 0.800. The smallest absolute Gasteiger partial charge is 0.313 e. The van der Waals surface area contributed by atoms with Crippen LogP contribution in [-0.4, -0.2) is 42.9 Å². The zero-order valence-corrected chi connectivity index (χ0v) is 8.78. The third-order valence-electron chi connectivity index (χ3n) is 2.52. The van der Waals surface area contributed by atoms with Gasteiger partial charge in [-0.15, -0.1) is 0 Å². The van der Waals surface area contributed by atoms with E-state index in [9.17, 15) is 9.59 Å². The standard InChI is InChI=1S/C10H17NO3/c1-3-14-10(13)7-9(12)8-5-4-6-11(8)2/h8H,3-7H2,1-2H3/t8-/m0/s1. The van der Waals surface area contributed by atoms with Crippen molar-refractivity contribution in [2.45, 2.75) is 32.2 Å². The quantitative estimate of drug-likeness (QED) is 0.491. The van der Waals surface area contributed by atoms with Crippen molar-refractivity contribution < 1.29 is 14.3 Å². The van der Waals surface area contributed by atoms with Gasteiger partial charge in [-0.2, -0.15) is 0 Å². The van der Waals surface area contributed by atoms with Gasteiger partial charge in [0.25, 0.3) is 0 Å². The van der Waals surface area contributed by atoms with Gasteiger partial charge >= 0.3 is 5.97 Å². The molecule has 0 aromatic heterocycles. The third-order valence-corrected chi connectivity index (χ3v) is 2.52. The summed E-state index contributed by atoms with van der Waals surface area (Å²) < 4.78 is 4.73. The number of nitrogens with zero attached hydrogens (tertiary/aromatic N) is 1. The SMILES string of the molecule is CCOC(=O)CC(=O)[C@@H]1CCCN1C. The fourth-order valence-corrected chi connectivity index (χ4v) is 1.79. The van der Waals surface area contributed by atoms with E-state index in [1.54, 1.807) is 6.92 Å². The van der Waals surface area contributed by atoms with Crippen molar-refractivity contribution in [1.29, 1.82) is 0 Å². The predicted molar refractivity (Wildman–Crippen MR) is 51.9 cm³/mol. The zero-order chi connectivity index (χ0) is 10.6. The largest absolute Gasteiger partial charge is 0.466 e. The van der Waals surface area contributed by atoms with Crippen LogP contribution in [0.2, 0.25) is 0 Å². The van der Waals surface area contributed by atoms with E-state index in [4.69, 9.17) is 4.74 Å². The minimum absolute atomic E-state index is 0.0107. The van der Waals surface area contributed by atoms with Crippen LogP contribution in [0.4, 0.5) is 0 Å². The Balaban J connectivity index is 2.37. The Labute approximate surface area is 84.2 Å². The molecule has 0 radical (unpaired) electrons. The molecule has 1 aliphatic rings. The van der Waals surface area contributed by atoms with Crippen molar-refractivity contribution in [3.8, 4) is 0 Å². The number of hydrogen-bond donors (Lipinski definition) is 0. The number of carbonyl (C=O) groups is 2. The molecule has 1 rings (SSSR count). The first-order valence-electron chi connectivity index (χ1n) is 5.03. The molecular weight excluding hydrogens is 182 g/mol. The Morgan fingerprint density at radius 1 is 1.50 bits per heavy atom. The maximum atomic E-state index is 11.6. The van der Waals surface area contributed by atoms with Gasteiger partial charge in [-0.3, -0.25) is 14.5 Å². The molecule has 0 N–H and O–H groups in total. The first kappa shape index (κ1) is 11.2. The fourth-order valence-electron chi connectivity index (χ4n) is 1.79. The second kappa shape index (κ2) is 5.10. The molecule has 0 aliphatic carbocycles. The summed E-state index contributed by atoms with van der Waals surface area (Å²) in [6.45, 7) is 3.02. The van der Waals surface area contributed by atoms with Gasteiger partial charge in [0.2, 0.25) is 0 Å². The van der Waals surface area contributed by atoms with E-state index in [2.05, 4.69) is 0 Å². The Hall–Kier alpha value is -0.900. The van der Waals surface area contributed by atoms with Gasteiger partial charge in [0, 0.05) is 0 Å². The molecule has 0 unspecified atom stereocenters. The second-order valence-electron chi connectivity index (χ2n) is 3.59. The highest BCUT2D eigenvalue weighted by atomic mass is 16.5. The molecule has 80 valence electrons. The van der Waals surface area contributed by atoms with E-state index >= 15 is 0 Å². The van der Waals surface area contributed by atoms with Crippen LogP contribution >= 0.6 is 0 Å². The van der Waals surface area contributed by atoms with Gasteiger partial charge < -0.3 is 4.74 Å². The first-order chi connectivity index (χ1) is 6.65. The van der Waals surface area contributed by atoms with Crippen LogP contribution < -0.4 is 0 Å². The molecule has 0 saturated carbocycles. The Morgan fingerprint density at radius 3 is 2.71 bits per heavy atom. The molecule has 1 saturated heterocycles. The monoisotopic (exact) mass is 199 g/mol.